The number of amides is 1. The number of carbonyl (C=O) groups excluding carboxylic acids is 2. The summed E-state index contributed by atoms with van der Waals surface area (Å²) in [5.41, 5.74) is -0.410. The normalized spacial score (nSPS) is 11.8. The van der Waals surface area contributed by atoms with Gasteiger partial charge in [-0.15, -0.1) is 0 Å². The first-order chi connectivity index (χ1) is 10.9. The average Bonchev–Trinajstić information content (AvgIpc) is 2.54. The lowest BCUT2D eigenvalue weighted by molar-refractivity contribution is -0.121. The number of phenolic OH excluding ortho intramolecular Hbond substituents is 1. The fraction of sp³-hybridized carbons (Fsp3) is 0.125. The lowest BCUT2D eigenvalue weighted by atomic mass is 9.88. The van der Waals surface area contributed by atoms with E-state index in [9.17, 15) is 23.5 Å². The van der Waals surface area contributed by atoms with Gasteiger partial charge in [-0.1, -0.05) is 0 Å². The van der Waals surface area contributed by atoms with Gasteiger partial charge < -0.3 is 10.4 Å². The molecule has 0 fully saturated rings. The number of phenols is 1. The van der Waals surface area contributed by atoms with Crippen LogP contribution in [0.5, 0.6) is 5.75 Å². The summed E-state index contributed by atoms with van der Waals surface area (Å²) in [6.07, 6.45) is 0. The van der Waals surface area contributed by atoms with Crippen LogP contribution < -0.4 is 5.32 Å². The van der Waals surface area contributed by atoms with E-state index in [2.05, 4.69) is 21.2 Å². The minimum Gasteiger partial charge on any atom is -0.508 e. The average molecular weight is 384 g/mol. The first-order valence-corrected chi connectivity index (χ1v) is 7.34. The Kier molecular flexibility index (Phi) is 5.10. The highest BCUT2D eigenvalue weighted by Crippen LogP contribution is 2.35. The van der Waals surface area contributed by atoms with Gasteiger partial charge in [-0.25, -0.2) is 8.78 Å². The van der Waals surface area contributed by atoms with Crippen molar-refractivity contribution in [3.8, 4) is 5.75 Å². The monoisotopic (exact) mass is 383 g/mol. The molecule has 0 heterocycles. The summed E-state index contributed by atoms with van der Waals surface area (Å²) in [6, 6.07) is 6.95. The van der Waals surface area contributed by atoms with E-state index in [4.69, 9.17) is 0 Å². The quantitative estimate of drug-likeness (QED) is 0.629. The largest absolute Gasteiger partial charge is 0.508 e. The highest BCUT2D eigenvalue weighted by Gasteiger charge is 2.34. The van der Waals surface area contributed by atoms with Gasteiger partial charge in [-0.2, -0.15) is 0 Å². The van der Waals surface area contributed by atoms with Crippen molar-refractivity contribution in [2.24, 2.45) is 0 Å². The van der Waals surface area contributed by atoms with Gasteiger partial charge in [-0.3, -0.25) is 9.59 Å². The van der Waals surface area contributed by atoms with Gasteiger partial charge in [0.25, 0.3) is 0 Å². The number of rotatable bonds is 4. The standard InChI is InChI=1S/C16H12BrF2NO3/c1-20-16(23)13(12-11(21)7-6-10(17)14(12)19)15(22)8-2-4-9(18)5-3-8/h2-7,13,21H,1H3,(H,20,23). The number of carbonyl (C=O) groups is 2. The Balaban J connectivity index is 2.59. The number of aromatic hydroxyl groups is 1. The molecule has 1 amide bonds. The Labute approximate surface area is 139 Å². The molecule has 23 heavy (non-hydrogen) atoms. The van der Waals surface area contributed by atoms with Crippen LogP contribution in [0.1, 0.15) is 21.8 Å². The first-order valence-electron chi connectivity index (χ1n) is 6.55. The van der Waals surface area contributed by atoms with Gasteiger partial charge in [0.15, 0.2) is 5.78 Å². The van der Waals surface area contributed by atoms with E-state index in [1.807, 2.05) is 0 Å². The lowest BCUT2D eigenvalue weighted by Crippen LogP contribution is -2.32. The molecule has 2 N–H and O–H groups in total. The van der Waals surface area contributed by atoms with Crippen LogP contribution in [0, 0.1) is 11.6 Å². The molecule has 2 aromatic rings. The molecule has 4 nitrogen and oxygen atoms in total. The van der Waals surface area contributed by atoms with Crippen LogP contribution in [0.15, 0.2) is 40.9 Å². The molecule has 120 valence electrons. The summed E-state index contributed by atoms with van der Waals surface area (Å²) in [5.74, 6) is -5.11. The number of hydrogen-bond donors (Lipinski definition) is 2. The van der Waals surface area contributed by atoms with Crippen LogP contribution >= 0.6 is 15.9 Å². The molecule has 0 saturated heterocycles. The number of hydrogen-bond acceptors (Lipinski definition) is 3. The summed E-state index contributed by atoms with van der Waals surface area (Å²) in [6.45, 7) is 0. The van der Waals surface area contributed by atoms with E-state index in [0.717, 1.165) is 12.1 Å². The minimum atomic E-state index is -1.59. The molecule has 0 aliphatic carbocycles. The molecule has 0 aliphatic heterocycles. The summed E-state index contributed by atoms with van der Waals surface area (Å²) in [7, 11) is 1.29. The molecule has 0 radical (unpaired) electrons. The molecule has 1 unspecified atom stereocenters. The lowest BCUT2D eigenvalue weighted by Gasteiger charge is -2.17. The molecular formula is C16H12BrF2NO3. The van der Waals surface area contributed by atoms with E-state index in [1.54, 1.807) is 0 Å². The number of nitrogens with one attached hydrogen (secondary N) is 1. The molecule has 7 heteroatoms. The third-order valence-electron chi connectivity index (χ3n) is 3.30. The second kappa shape index (κ2) is 6.87. The fourth-order valence-electron chi connectivity index (χ4n) is 2.14. The van der Waals surface area contributed by atoms with Gasteiger partial charge in [0.1, 0.15) is 23.3 Å². The predicted octanol–water partition coefficient (Wildman–Crippen LogP) is 3.15. The molecule has 0 aromatic heterocycles. The van der Waals surface area contributed by atoms with Crippen LogP contribution in [0.2, 0.25) is 0 Å². The Morgan fingerprint density at radius 3 is 2.30 bits per heavy atom. The molecule has 2 rings (SSSR count). The number of likely N-dealkylation sites (N-methyl/N-ethyl adjacent to an activating group) is 1. The van der Waals surface area contributed by atoms with Gasteiger partial charge in [0, 0.05) is 12.6 Å². The van der Waals surface area contributed by atoms with Gasteiger partial charge in [0.05, 0.1) is 10.0 Å². The fourth-order valence-corrected chi connectivity index (χ4v) is 2.48. The van der Waals surface area contributed by atoms with E-state index in [-0.39, 0.29) is 10.0 Å². The molecule has 0 bridgehead atoms. The second-order valence-electron chi connectivity index (χ2n) is 4.71. The van der Waals surface area contributed by atoms with E-state index >= 15 is 0 Å². The Morgan fingerprint density at radius 1 is 1.13 bits per heavy atom. The highest BCUT2D eigenvalue weighted by atomic mass is 79.9. The van der Waals surface area contributed by atoms with Gasteiger partial charge in [-0.05, 0) is 52.3 Å². The molecular weight excluding hydrogens is 372 g/mol. The highest BCUT2D eigenvalue weighted by molar-refractivity contribution is 9.10. The third-order valence-corrected chi connectivity index (χ3v) is 3.91. The summed E-state index contributed by atoms with van der Waals surface area (Å²) in [5, 5.41) is 12.2. The van der Waals surface area contributed by atoms with E-state index < -0.39 is 40.6 Å². The molecule has 0 saturated carbocycles. The maximum absolute atomic E-state index is 14.4. The van der Waals surface area contributed by atoms with Crippen LogP contribution in [0.25, 0.3) is 0 Å². The molecule has 2 aromatic carbocycles. The van der Waals surface area contributed by atoms with E-state index in [1.165, 1.54) is 31.3 Å². The zero-order valence-corrected chi connectivity index (χ0v) is 13.5. The van der Waals surface area contributed by atoms with Crippen molar-refractivity contribution in [3.05, 3.63) is 63.6 Å². The number of benzene rings is 2. The second-order valence-corrected chi connectivity index (χ2v) is 5.57. The third kappa shape index (κ3) is 3.39. The van der Waals surface area contributed by atoms with Gasteiger partial charge in [0.2, 0.25) is 5.91 Å². The Bertz CT molecular complexity index is 763. The van der Waals surface area contributed by atoms with Crippen molar-refractivity contribution < 1.29 is 23.5 Å². The zero-order chi connectivity index (χ0) is 17.1. The van der Waals surface area contributed by atoms with E-state index in [0.29, 0.717) is 0 Å². The van der Waals surface area contributed by atoms with Crippen molar-refractivity contribution in [1.29, 1.82) is 0 Å². The predicted molar refractivity (Wildman–Crippen MR) is 83.3 cm³/mol. The summed E-state index contributed by atoms with van der Waals surface area (Å²) < 4.78 is 27.3. The van der Waals surface area contributed by atoms with Crippen molar-refractivity contribution in [3.63, 3.8) is 0 Å². The van der Waals surface area contributed by atoms with Crippen molar-refractivity contribution in [2.45, 2.75) is 5.92 Å². The topological polar surface area (TPSA) is 66.4 Å². The summed E-state index contributed by atoms with van der Waals surface area (Å²) >= 11 is 2.96. The Hall–Kier alpha value is -2.28. The van der Waals surface area contributed by atoms with Crippen molar-refractivity contribution in [2.75, 3.05) is 7.05 Å². The maximum atomic E-state index is 14.4. The molecule has 1 atom stereocenters. The van der Waals surface area contributed by atoms with Crippen LogP contribution in [-0.4, -0.2) is 23.8 Å². The van der Waals surface area contributed by atoms with Crippen molar-refractivity contribution in [1.82, 2.24) is 5.32 Å². The maximum Gasteiger partial charge on any atom is 0.235 e. The SMILES string of the molecule is CNC(=O)C(C(=O)c1ccc(F)cc1)c1c(O)ccc(Br)c1F. The smallest absolute Gasteiger partial charge is 0.235 e. The van der Waals surface area contributed by atoms with Crippen molar-refractivity contribution >= 4 is 27.6 Å². The molecule has 0 spiro atoms. The first kappa shape index (κ1) is 17.1. The van der Waals surface area contributed by atoms with Crippen LogP contribution in [0.4, 0.5) is 8.78 Å². The van der Waals surface area contributed by atoms with Gasteiger partial charge >= 0.3 is 0 Å². The number of halogens is 3. The minimum absolute atomic E-state index is 0.00566. The Morgan fingerprint density at radius 2 is 1.74 bits per heavy atom. The number of ketones is 1. The summed E-state index contributed by atoms with van der Waals surface area (Å²) in [4.78, 5) is 24.7. The zero-order valence-electron chi connectivity index (χ0n) is 11.9. The van der Waals surface area contributed by atoms with Crippen LogP contribution in [-0.2, 0) is 4.79 Å². The van der Waals surface area contributed by atoms with Crippen LogP contribution in [0.3, 0.4) is 0 Å². The number of Topliss-reactive ketones (excluding diaryl/α,β-unsaturated/α-hetero) is 1. The molecule has 0 aliphatic rings.